The normalized spacial score (nSPS) is 10.2. The van der Waals surface area contributed by atoms with Gasteiger partial charge in [0, 0.05) is 18.7 Å². The third-order valence-electron chi connectivity index (χ3n) is 2.03. The molecule has 88 valence electrons. The second-order valence-corrected chi connectivity index (χ2v) is 3.93. The maximum Gasteiger partial charge on any atom is 0.306 e. The van der Waals surface area contributed by atoms with Gasteiger partial charge in [-0.15, -0.1) is 0 Å². The van der Waals surface area contributed by atoms with Crippen LogP contribution in [-0.2, 0) is 9.53 Å². The Kier molecular flexibility index (Phi) is 5.40. The first-order chi connectivity index (χ1) is 7.68. The lowest BCUT2D eigenvalue weighted by molar-refractivity contribution is -0.147. The summed E-state index contributed by atoms with van der Waals surface area (Å²) in [5, 5.41) is 3.25. The van der Waals surface area contributed by atoms with Crippen molar-refractivity contribution in [3.05, 3.63) is 30.3 Å². The minimum absolute atomic E-state index is 0.0189. The highest BCUT2D eigenvalue weighted by Crippen LogP contribution is 2.05. The van der Waals surface area contributed by atoms with E-state index in [0.717, 1.165) is 18.7 Å². The van der Waals surface area contributed by atoms with Crippen LogP contribution in [0.1, 0.15) is 26.7 Å². The van der Waals surface area contributed by atoms with E-state index < -0.39 is 0 Å². The van der Waals surface area contributed by atoms with E-state index in [-0.39, 0.29) is 12.1 Å². The van der Waals surface area contributed by atoms with E-state index in [1.165, 1.54) is 0 Å². The van der Waals surface area contributed by atoms with Crippen molar-refractivity contribution in [2.45, 2.75) is 32.8 Å². The molecule has 0 atom stereocenters. The van der Waals surface area contributed by atoms with Crippen LogP contribution in [0.5, 0.6) is 0 Å². The zero-order chi connectivity index (χ0) is 11.8. The highest BCUT2D eigenvalue weighted by molar-refractivity contribution is 5.69. The number of rotatable bonds is 6. The van der Waals surface area contributed by atoms with Crippen molar-refractivity contribution in [2.75, 3.05) is 11.9 Å². The summed E-state index contributed by atoms with van der Waals surface area (Å²) in [5.41, 5.74) is 1.08. The average molecular weight is 221 g/mol. The first kappa shape index (κ1) is 12.6. The predicted octanol–water partition coefficient (Wildman–Crippen LogP) is 2.83. The number of anilines is 1. The number of hydrogen-bond donors (Lipinski definition) is 1. The maximum absolute atomic E-state index is 11.2. The Morgan fingerprint density at radius 1 is 1.31 bits per heavy atom. The number of carbonyl (C=O) groups excluding carboxylic acids is 1. The SMILES string of the molecule is CC(C)OC(=O)CCCNc1ccccc1. The summed E-state index contributed by atoms with van der Waals surface area (Å²) in [6.45, 7) is 4.51. The lowest BCUT2D eigenvalue weighted by Crippen LogP contribution is -2.12. The van der Waals surface area contributed by atoms with Gasteiger partial charge in [0.25, 0.3) is 0 Å². The molecule has 0 saturated heterocycles. The molecule has 3 nitrogen and oxygen atoms in total. The molecule has 0 aliphatic heterocycles. The van der Waals surface area contributed by atoms with Gasteiger partial charge in [0.2, 0.25) is 0 Å². The molecule has 0 spiro atoms. The van der Waals surface area contributed by atoms with E-state index in [9.17, 15) is 4.79 Å². The number of esters is 1. The van der Waals surface area contributed by atoms with Gasteiger partial charge in [0.15, 0.2) is 0 Å². The van der Waals surface area contributed by atoms with Crippen molar-refractivity contribution < 1.29 is 9.53 Å². The molecular formula is C13H19NO2. The summed E-state index contributed by atoms with van der Waals surface area (Å²) in [7, 11) is 0. The van der Waals surface area contributed by atoms with E-state index in [1.54, 1.807) is 0 Å². The fourth-order valence-electron chi connectivity index (χ4n) is 1.34. The Hall–Kier alpha value is -1.51. The standard InChI is InChI=1S/C13H19NO2/c1-11(2)16-13(15)9-6-10-14-12-7-4-3-5-8-12/h3-5,7-8,11,14H,6,9-10H2,1-2H3. The Bertz CT molecular complexity index is 309. The lowest BCUT2D eigenvalue weighted by Gasteiger charge is -2.08. The monoisotopic (exact) mass is 221 g/mol. The molecule has 1 aromatic carbocycles. The molecule has 1 N–H and O–H groups in total. The highest BCUT2D eigenvalue weighted by atomic mass is 16.5. The van der Waals surface area contributed by atoms with Crippen molar-refractivity contribution >= 4 is 11.7 Å². The van der Waals surface area contributed by atoms with Crippen LogP contribution in [0.4, 0.5) is 5.69 Å². The summed E-state index contributed by atoms with van der Waals surface area (Å²) >= 11 is 0. The molecule has 0 saturated carbocycles. The molecule has 0 fully saturated rings. The van der Waals surface area contributed by atoms with Gasteiger partial charge < -0.3 is 10.1 Å². The van der Waals surface area contributed by atoms with Crippen LogP contribution in [-0.4, -0.2) is 18.6 Å². The second-order valence-electron chi connectivity index (χ2n) is 3.93. The molecule has 0 aliphatic rings. The topological polar surface area (TPSA) is 38.3 Å². The average Bonchev–Trinajstić information content (AvgIpc) is 2.25. The van der Waals surface area contributed by atoms with Gasteiger partial charge in [-0.05, 0) is 32.4 Å². The van der Waals surface area contributed by atoms with Gasteiger partial charge in [0.05, 0.1) is 6.10 Å². The van der Waals surface area contributed by atoms with E-state index in [2.05, 4.69) is 5.32 Å². The van der Waals surface area contributed by atoms with E-state index in [1.807, 2.05) is 44.2 Å². The summed E-state index contributed by atoms with van der Waals surface area (Å²) in [4.78, 5) is 11.2. The molecule has 0 radical (unpaired) electrons. The second kappa shape index (κ2) is 6.88. The van der Waals surface area contributed by atoms with Crippen LogP contribution in [0.3, 0.4) is 0 Å². The van der Waals surface area contributed by atoms with Crippen LogP contribution < -0.4 is 5.32 Å². The number of carbonyl (C=O) groups is 1. The molecule has 0 bridgehead atoms. The van der Waals surface area contributed by atoms with Gasteiger partial charge in [-0.2, -0.15) is 0 Å². The molecule has 3 heteroatoms. The van der Waals surface area contributed by atoms with Crippen molar-refractivity contribution in [1.82, 2.24) is 0 Å². The quantitative estimate of drug-likeness (QED) is 0.593. The molecule has 1 aromatic rings. The number of hydrogen-bond acceptors (Lipinski definition) is 3. The first-order valence-corrected chi connectivity index (χ1v) is 5.67. The van der Waals surface area contributed by atoms with Crippen molar-refractivity contribution in [3.63, 3.8) is 0 Å². The summed E-state index contributed by atoms with van der Waals surface area (Å²) in [5.74, 6) is -0.120. The first-order valence-electron chi connectivity index (χ1n) is 5.67. The Labute approximate surface area is 96.8 Å². The van der Waals surface area contributed by atoms with Gasteiger partial charge >= 0.3 is 5.97 Å². The van der Waals surface area contributed by atoms with E-state index in [4.69, 9.17) is 4.74 Å². The summed E-state index contributed by atoms with van der Waals surface area (Å²) in [6.07, 6.45) is 1.24. The van der Waals surface area contributed by atoms with Gasteiger partial charge in [0.1, 0.15) is 0 Å². The third-order valence-corrected chi connectivity index (χ3v) is 2.03. The Morgan fingerprint density at radius 3 is 2.62 bits per heavy atom. The Morgan fingerprint density at radius 2 is 2.00 bits per heavy atom. The minimum atomic E-state index is -0.120. The van der Waals surface area contributed by atoms with Crippen LogP contribution in [0.15, 0.2) is 30.3 Å². The van der Waals surface area contributed by atoms with Gasteiger partial charge in [-0.3, -0.25) is 4.79 Å². The maximum atomic E-state index is 11.2. The molecule has 1 rings (SSSR count). The number of benzene rings is 1. The number of nitrogens with one attached hydrogen (secondary N) is 1. The third kappa shape index (κ3) is 5.39. The number of para-hydroxylation sites is 1. The molecule has 0 heterocycles. The van der Waals surface area contributed by atoms with Crippen LogP contribution in [0, 0.1) is 0 Å². The largest absolute Gasteiger partial charge is 0.463 e. The van der Waals surface area contributed by atoms with Gasteiger partial charge in [-0.25, -0.2) is 0 Å². The van der Waals surface area contributed by atoms with Crippen LogP contribution in [0.2, 0.25) is 0 Å². The van der Waals surface area contributed by atoms with E-state index >= 15 is 0 Å². The predicted molar refractivity (Wildman–Crippen MR) is 65.4 cm³/mol. The smallest absolute Gasteiger partial charge is 0.306 e. The van der Waals surface area contributed by atoms with Crippen LogP contribution in [0.25, 0.3) is 0 Å². The molecular weight excluding hydrogens is 202 g/mol. The van der Waals surface area contributed by atoms with Crippen LogP contribution >= 0.6 is 0 Å². The fourth-order valence-corrected chi connectivity index (χ4v) is 1.34. The molecule has 16 heavy (non-hydrogen) atoms. The van der Waals surface area contributed by atoms with Crippen molar-refractivity contribution in [1.29, 1.82) is 0 Å². The van der Waals surface area contributed by atoms with Crippen molar-refractivity contribution in [3.8, 4) is 0 Å². The lowest BCUT2D eigenvalue weighted by atomic mass is 10.3. The van der Waals surface area contributed by atoms with E-state index in [0.29, 0.717) is 6.42 Å². The van der Waals surface area contributed by atoms with Crippen molar-refractivity contribution in [2.24, 2.45) is 0 Å². The summed E-state index contributed by atoms with van der Waals surface area (Å²) < 4.78 is 5.04. The summed E-state index contributed by atoms with van der Waals surface area (Å²) in [6, 6.07) is 9.95. The molecule has 0 aromatic heterocycles. The number of ether oxygens (including phenoxy) is 1. The zero-order valence-electron chi connectivity index (χ0n) is 9.90. The van der Waals surface area contributed by atoms with Gasteiger partial charge in [-0.1, -0.05) is 18.2 Å². The molecule has 0 unspecified atom stereocenters. The molecule has 0 amide bonds. The highest BCUT2D eigenvalue weighted by Gasteiger charge is 2.04. The Balaban J connectivity index is 2.10. The zero-order valence-corrected chi connectivity index (χ0v) is 9.90. The minimum Gasteiger partial charge on any atom is -0.463 e. The fraction of sp³-hybridized carbons (Fsp3) is 0.462. The molecule has 0 aliphatic carbocycles.